The predicted molar refractivity (Wildman–Crippen MR) is 113 cm³/mol. The van der Waals surface area contributed by atoms with E-state index in [2.05, 4.69) is 0 Å². The molecule has 152 valence electrons. The van der Waals surface area contributed by atoms with E-state index in [1.165, 1.54) is 13.2 Å². The third-order valence-electron chi connectivity index (χ3n) is 5.19. The molecule has 6 heteroatoms. The van der Waals surface area contributed by atoms with Crippen molar-refractivity contribution in [2.24, 2.45) is 0 Å². The first-order valence-corrected chi connectivity index (χ1v) is 9.96. The zero-order valence-corrected chi connectivity index (χ0v) is 17.5. The largest absolute Gasteiger partial charge is 0.507 e. The van der Waals surface area contributed by atoms with E-state index in [1.54, 1.807) is 17.0 Å². The van der Waals surface area contributed by atoms with Gasteiger partial charge in [-0.05, 0) is 42.7 Å². The quantitative estimate of drug-likeness (QED) is 0.416. The van der Waals surface area contributed by atoms with Gasteiger partial charge in [-0.25, -0.2) is 0 Å². The molecule has 1 aliphatic rings. The molecule has 0 bridgehead atoms. The number of carbonyl (C=O) groups is 2. The number of hydrogen-bond donors (Lipinski definition) is 1. The van der Waals surface area contributed by atoms with E-state index in [4.69, 9.17) is 16.3 Å². The number of nitrogens with zero attached hydrogens (tertiary/aromatic N) is 1. The summed E-state index contributed by atoms with van der Waals surface area (Å²) < 4.78 is 5.34. The number of methoxy groups -OCH3 is 1. The van der Waals surface area contributed by atoms with Crippen molar-refractivity contribution >= 4 is 29.1 Å². The molecule has 2 aromatic rings. The fourth-order valence-corrected chi connectivity index (χ4v) is 3.84. The molecule has 1 unspecified atom stereocenters. The first-order chi connectivity index (χ1) is 13.9. The van der Waals surface area contributed by atoms with E-state index < -0.39 is 17.7 Å². The lowest BCUT2D eigenvalue weighted by molar-refractivity contribution is -0.139. The van der Waals surface area contributed by atoms with E-state index in [0.29, 0.717) is 17.3 Å². The lowest BCUT2D eigenvalue weighted by Gasteiger charge is -2.26. The Labute approximate surface area is 175 Å². The summed E-state index contributed by atoms with van der Waals surface area (Å²) in [6, 6.07) is 11.7. The van der Waals surface area contributed by atoms with Crippen LogP contribution in [0.4, 0.5) is 0 Å². The average Bonchev–Trinajstić information content (AvgIpc) is 2.96. The van der Waals surface area contributed by atoms with Gasteiger partial charge in [0.25, 0.3) is 11.7 Å². The van der Waals surface area contributed by atoms with Gasteiger partial charge in [-0.2, -0.15) is 0 Å². The average molecular weight is 414 g/mol. The van der Waals surface area contributed by atoms with E-state index in [9.17, 15) is 14.7 Å². The highest BCUT2D eigenvalue weighted by atomic mass is 35.5. The smallest absolute Gasteiger partial charge is 0.295 e. The summed E-state index contributed by atoms with van der Waals surface area (Å²) in [5, 5.41) is 11.5. The number of aryl methyl sites for hydroxylation is 1. The lowest BCUT2D eigenvalue weighted by atomic mass is 9.92. The van der Waals surface area contributed by atoms with Gasteiger partial charge in [0.2, 0.25) is 0 Å². The number of likely N-dealkylation sites (tertiary alicyclic amines) is 1. The van der Waals surface area contributed by atoms with Crippen molar-refractivity contribution in [1.29, 1.82) is 0 Å². The van der Waals surface area contributed by atoms with Gasteiger partial charge in [-0.3, -0.25) is 9.59 Å². The zero-order chi connectivity index (χ0) is 21.1. The van der Waals surface area contributed by atoms with Gasteiger partial charge < -0.3 is 14.7 Å². The molecule has 1 aliphatic heterocycles. The minimum atomic E-state index is -0.700. The number of aliphatic hydroxyl groups is 1. The zero-order valence-electron chi connectivity index (χ0n) is 16.7. The Kier molecular flexibility index (Phi) is 6.28. The summed E-state index contributed by atoms with van der Waals surface area (Å²) >= 11 is 6.11. The molecule has 0 aromatic heterocycles. The minimum Gasteiger partial charge on any atom is -0.507 e. The van der Waals surface area contributed by atoms with Gasteiger partial charge in [-0.1, -0.05) is 49.2 Å². The normalized spacial score (nSPS) is 18.3. The minimum absolute atomic E-state index is 0.0565. The van der Waals surface area contributed by atoms with Crippen molar-refractivity contribution in [3.05, 3.63) is 69.8 Å². The van der Waals surface area contributed by atoms with Crippen LogP contribution in [0.15, 0.2) is 48.0 Å². The molecule has 3 rings (SSSR count). The topological polar surface area (TPSA) is 66.8 Å². The van der Waals surface area contributed by atoms with Gasteiger partial charge in [-0.15, -0.1) is 0 Å². The molecule has 1 N–H and O–H groups in total. The van der Waals surface area contributed by atoms with Crippen LogP contribution in [0.3, 0.4) is 0 Å². The van der Waals surface area contributed by atoms with Crippen molar-refractivity contribution < 1.29 is 19.4 Å². The monoisotopic (exact) mass is 413 g/mol. The third-order valence-corrected chi connectivity index (χ3v) is 5.43. The van der Waals surface area contributed by atoms with Crippen molar-refractivity contribution in [2.45, 2.75) is 32.7 Å². The van der Waals surface area contributed by atoms with Crippen molar-refractivity contribution in [2.75, 3.05) is 13.7 Å². The number of hydrogen-bond acceptors (Lipinski definition) is 4. The number of aliphatic hydroxyl groups excluding tert-OH is 1. The maximum atomic E-state index is 13.0. The van der Waals surface area contributed by atoms with Crippen LogP contribution in [0, 0.1) is 6.92 Å². The van der Waals surface area contributed by atoms with Crippen LogP contribution in [-0.2, 0) is 9.59 Å². The van der Waals surface area contributed by atoms with Crippen LogP contribution in [0.5, 0.6) is 5.75 Å². The molecule has 0 spiro atoms. The van der Waals surface area contributed by atoms with Crippen LogP contribution >= 0.6 is 11.6 Å². The third kappa shape index (κ3) is 3.87. The Bertz CT molecular complexity index is 983. The molecule has 0 saturated carbocycles. The van der Waals surface area contributed by atoms with Crippen LogP contribution in [0.1, 0.15) is 42.5 Å². The highest BCUT2D eigenvalue weighted by Crippen LogP contribution is 2.42. The second-order valence-corrected chi connectivity index (χ2v) is 7.48. The number of rotatable bonds is 6. The number of benzene rings is 2. The van der Waals surface area contributed by atoms with Crippen LogP contribution < -0.4 is 4.74 Å². The van der Waals surface area contributed by atoms with Crippen molar-refractivity contribution in [1.82, 2.24) is 4.90 Å². The highest BCUT2D eigenvalue weighted by molar-refractivity contribution is 6.46. The highest BCUT2D eigenvalue weighted by Gasteiger charge is 2.46. The first kappa shape index (κ1) is 20.9. The van der Waals surface area contributed by atoms with Gasteiger partial charge in [0.1, 0.15) is 11.5 Å². The lowest BCUT2D eigenvalue weighted by Crippen LogP contribution is -2.30. The molecular weight excluding hydrogens is 390 g/mol. The number of halogens is 1. The number of ketones is 1. The molecular formula is C23H24ClNO4. The molecule has 1 amide bonds. The van der Waals surface area contributed by atoms with Crippen molar-refractivity contribution in [3.63, 3.8) is 0 Å². The molecule has 0 aliphatic carbocycles. The molecule has 5 nitrogen and oxygen atoms in total. The van der Waals surface area contributed by atoms with Crippen LogP contribution in [-0.4, -0.2) is 35.4 Å². The molecule has 2 aromatic carbocycles. The molecule has 1 saturated heterocycles. The summed E-state index contributed by atoms with van der Waals surface area (Å²) in [6.07, 6.45) is 1.64. The van der Waals surface area contributed by atoms with E-state index in [1.807, 2.05) is 38.1 Å². The molecule has 0 radical (unpaired) electrons. The SMILES string of the molecule is CCCCN1C(=O)C(=O)/C(=C(/O)c2cc(Cl)ccc2OC)C1c1ccccc1C. The first-order valence-electron chi connectivity index (χ1n) is 9.58. The van der Waals surface area contributed by atoms with Crippen LogP contribution in [0.25, 0.3) is 5.76 Å². The van der Waals surface area contributed by atoms with Gasteiger partial charge >= 0.3 is 0 Å². The van der Waals surface area contributed by atoms with E-state index in [-0.39, 0.29) is 16.9 Å². The number of carbonyl (C=O) groups excluding carboxylic acids is 2. The fourth-order valence-electron chi connectivity index (χ4n) is 3.67. The number of Topliss-reactive ketones (excluding diaryl/α,β-unsaturated/α-hetero) is 1. The Morgan fingerprint density at radius 2 is 1.93 bits per heavy atom. The molecule has 1 atom stereocenters. The maximum Gasteiger partial charge on any atom is 0.295 e. The summed E-state index contributed by atoms with van der Waals surface area (Å²) in [5.41, 5.74) is 2.09. The standard InChI is InChI=1S/C23H24ClNO4/c1-4-5-12-25-20(16-9-7-6-8-14(16)2)19(22(27)23(25)28)21(26)17-13-15(24)10-11-18(17)29-3/h6-11,13,20,26H,4-5,12H2,1-3H3/b21-19+. The molecule has 1 fully saturated rings. The fraction of sp³-hybridized carbons (Fsp3) is 0.304. The number of ether oxygens (including phenoxy) is 1. The summed E-state index contributed by atoms with van der Waals surface area (Å²) in [4.78, 5) is 27.4. The second-order valence-electron chi connectivity index (χ2n) is 7.05. The van der Waals surface area contributed by atoms with E-state index >= 15 is 0 Å². The van der Waals surface area contributed by atoms with Gasteiger partial charge in [0, 0.05) is 11.6 Å². The predicted octanol–water partition coefficient (Wildman–Crippen LogP) is 4.88. The summed E-state index contributed by atoms with van der Waals surface area (Å²) in [6.45, 7) is 4.38. The number of amides is 1. The van der Waals surface area contributed by atoms with Crippen LogP contribution in [0.2, 0.25) is 5.02 Å². The summed E-state index contributed by atoms with van der Waals surface area (Å²) in [7, 11) is 1.47. The van der Waals surface area contributed by atoms with Gasteiger partial charge in [0.15, 0.2) is 0 Å². The Morgan fingerprint density at radius 1 is 1.21 bits per heavy atom. The Hall–Kier alpha value is -2.79. The molecule has 1 heterocycles. The van der Waals surface area contributed by atoms with Crippen molar-refractivity contribution in [3.8, 4) is 5.75 Å². The number of unbranched alkanes of at least 4 members (excludes halogenated alkanes) is 1. The Morgan fingerprint density at radius 3 is 2.59 bits per heavy atom. The summed E-state index contributed by atoms with van der Waals surface area (Å²) in [5.74, 6) is -1.21. The Balaban J connectivity index is 2.25. The van der Waals surface area contributed by atoms with Gasteiger partial charge in [0.05, 0.1) is 24.3 Å². The second kappa shape index (κ2) is 8.70. The molecule has 29 heavy (non-hydrogen) atoms. The maximum absolute atomic E-state index is 13.0. The van der Waals surface area contributed by atoms with E-state index in [0.717, 1.165) is 24.0 Å².